The molecule has 0 amide bonds. The lowest BCUT2D eigenvalue weighted by molar-refractivity contribution is 0.410. The predicted octanol–water partition coefficient (Wildman–Crippen LogP) is 5.51. The zero-order valence-electron chi connectivity index (χ0n) is 16.5. The summed E-state index contributed by atoms with van der Waals surface area (Å²) in [5.41, 5.74) is 4.24. The van der Waals surface area contributed by atoms with Gasteiger partial charge >= 0.3 is 0 Å². The first-order valence-electron chi connectivity index (χ1n) is 9.59. The molecule has 0 bridgehead atoms. The van der Waals surface area contributed by atoms with Crippen LogP contribution in [0.25, 0.3) is 11.5 Å². The van der Waals surface area contributed by atoms with Crippen molar-refractivity contribution >= 4 is 5.69 Å². The lowest BCUT2D eigenvalue weighted by atomic mass is 10.0. The second-order valence-corrected chi connectivity index (χ2v) is 6.87. The van der Waals surface area contributed by atoms with Crippen molar-refractivity contribution in [3.63, 3.8) is 0 Å². The van der Waals surface area contributed by atoms with Crippen LogP contribution in [0.1, 0.15) is 30.0 Å². The highest BCUT2D eigenvalue weighted by Crippen LogP contribution is 2.28. The van der Waals surface area contributed by atoms with Crippen LogP contribution in [0.2, 0.25) is 0 Å². The fourth-order valence-electron chi connectivity index (χ4n) is 3.24. The SMILES string of the molecule is COc1ccc(NC(C)c2nnc(-c3ccccc3)o2)cc1Cc1ccccc1. The molecule has 146 valence electrons. The monoisotopic (exact) mass is 385 g/mol. The second kappa shape index (κ2) is 8.61. The van der Waals surface area contributed by atoms with Gasteiger partial charge in [0.25, 0.3) is 0 Å². The van der Waals surface area contributed by atoms with Gasteiger partial charge in [-0.1, -0.05) is 48.5 Å². The van der Waals surface area contributed by atoms with E-state index in [1.807, 2.05) is 67.6 Å². The van der Waals surface area contributed by atoms with Crippen molar-refractivity contribution in [3.05, 3.63) is 95.9 Å². The zero-order valence-corrected chi connectivity index (χ0v) is 16.5. The Balaban J connectivity index is 1.52. The fraction of sp³-hybridized carbons (Fsp3) is 0.167. The summed E-state index contributed by atoms with van der Waals surface area (Å²) in [6, 6.07) is 26.1. The molecule has 0 saturated heterocycles. The standard InChI is InChI=1S/C24H23N3O2/c1-17(23-26-27-24(29-23)19-11-7-4-8-12-19)25-21-13-14-22(28-2)20(16-21)15-18-9-5-3-6-10-18/h3-14,16-17,25H,15H2,1-2H3. The molecule has 0 aliphatic rings. The van der Waals surface area contributed by atoms with Gasteiger partial charge in [-0.3, -0.25) is 0 Å². The van der Waals surface area contributed by atoms with Crippen LogP contribution in [0.4, 0.5) is 5.69 Å². The minimum Gasteiger partial charge on any atom is -0.496 e. The molecule has 0 saturated carbocycles. The first kappa shape index (κ1) is 18.7. The number of aromatic nitrogens is 2. The number of hydrogen-bond donors (Lipinski definition) is 1. The van der Waals surface area contributed by atoms with Gasteiger partial charge in [-0.2, -0.15) is 0 Å². The minimum absolute atomic E-state index is 0.127. The summed E-state index contributed by atoms with van der Waals surface area (Å²) in [7, 11) is 1.70. The number of anilines is 1. The van der Waals surface area contributed by atoms with Crippen LogP contribution in [0, 0.1) is 0 Å². The molecule has 4 rings (SSSR count). The van der Waals surface area contributed by atoms with E-state index in [0.717, 1.165) is 29.0 Å². The molecule has 5 heteroatoms. The molecule has 5 nitrogen and oxygen atoms in total. The average molecular weight is 385 g/mol. The van der Waals surface area contributed by atoms with Crippen molar-refractivity contribution in [2.45, 2.75) is 19.4 Å². The Kier molecular flexibility index (Phi) is 5.56. The number of methoxy groups -OCH3 is 1. The summed E-state index contributed by atoms with van der Waals surface area (Å²) in [5, 5.41) is 11.8. The van der Waals surface area contributed by atoms with Gasteiger partial charge in [-0.15, -0.1) is 10.2 Å². The topological polar surface area (TPSA) is 60.2 Å². The Morgan fingerprint density at radius 3 is 2.38 bits per heavy atom. The maximum absolute atomic E-state index is 5.87. The number of benzene rings is 3. The molecule has 0 radical (unpaired) electrons. The third-order valence-electron chi connectivity index (χ3n) is 4.73. The van der Waals surface area contributed by atoms with E-state index in [1.54, 1.807) is 7.11 Å². The maximum Gasteiger partial charge on any atom is 0.247 e. The highest BCUT2D eigenvalue weighted by molar-refractivity contribution is 5.54. The van der Waals surface area contributed by atoms with Gasteiger partial charge in [0, 0.05) is 23.2 Å². The quantitative estimate of drug-likeness (QED) is 0.455. The lowest BCUT2D eigenvalue weighted by Crippen LogP contribution is -2.07. The van der Waals surface area contributed by atoms with Crippen LogP contribution in [0.15, 0.2) is 83.3 Å². The van der Waals surface area contributed by atoms with Gasteiger partial charge in [0.05, 0.1) is 7.11 Å². The molecule has 0 spiro atoms. The van der Waals surface area contributed by atoms with Gasteiger partial charge in [0.1, 0.15) is 11.8 Å². The zero-order chi connectivity index (χ0) is 20.1. The van der Waals surface area contributed by atoms with E-state index >= 15 is 0 Å². The third-order valence-corrected chi connectivity index (χ3v) is 4.73. The van der Waals surface area contributed by atoms with E-state index in [2.05, 4.69) is 33.7 Å². The maximum atomic E-state index is 5.87. The summed E-state index contributed by atoms with van der Waals surface area (Å²) in [6.07, 6.45) is 0.798. The second-order valence-electron chi connectivity index (χ2n) is 6.87. The average Bonchev–Trinajstić information content (AvgIpc) is 3.26. The highest BCUT2D eigenvalue weighted by atomic mass is 16.5. The predicted molar refractivity (Wildman–Crippen MR) is 114 cm³/mol. The van der Waals surface area contributed by atoms with Crippen LogP contribution in [0.5, 0.6) is 5.75 Å². The first-order chi connectivity index (χ1) is 14.2. The Morgan fingerprint density at radius 2 is 1.66 bits per heavy atom. The summed E-state index contributed by atoms with van der Waals surface area (Å²) in [4.78, 5) is 0. The van der Waals surface area contributed by atoms with Gasteiger partial charge in [-0.25, -0.2) is 0 Å². The molecule has 0 fully saturated rings. The Morgan fingerprint density at radius 1 is 0.931 bits per heavy atom. The summed E-state index contributed by atoms with van der Waals surface area (Å²) in [5.74, 6) is 1.94. The Labute approximate surface area is 170 Å². The van der Waals surface area contributed by atoms with E-state index in [0.29, 0.717) is 11.8 Å². The van der Waals surface area contributed by atoms with E-state index in [9.17, 15) is 0 Å². The minimum atomic E-state index is -0.127. The van der Waals surface area contributed by atoms with Gasteiger partial charge in [-0.05, 0) is 42.8 Å². The van der Waals surface area contributed by atoms with E-state index in [-0.39, 0.29) is 6.04 Å². The molecule has 1 aromatic heterocycles. The number of ether oxygens (including phenoxy) is 1. The highest BCUT2D eigenvalue weighted by Gasteiger charge is 2.16. The molecular weight excluding hydrogens is 362 g/mol. The van der Waals surface area contributed by atoms with Gasteiger partial charge in [0.15, 0.2) is 0 Å². The van der Waals surface area contributed by atoms with Gasteiger partial charge < -0.3 is 14.5 Å². The number of nitrogens with one attached hydrogen (secondary N) is 1. The molecule has 0 aliphatic carbocycles. The van der Waals surface area contributed by atoms with Crippen LogP contribution < -0.4 is 10.1 Å². The first-order valence-corrected chi connectivity index (χ1v) is 9.59. The fourth-order valence-corrected chi connectivity index (χ4v) is 3.24. The van der Waals surface area contributed by atoms with Crippen LogP contribution >= 0.6 is 0 Å². The van der Waals surface area contributed by atoms with Gasteiger partial charge in [0.2, 0.25) is 11.8 Å². The van der Waals surface area contributed by atoms with Crippen molar-refractivity contribution in [2.75, 3.05) is 12.4 Å². The van der Waals surface area contributed by atoms with Crippen LogP contribution in [-0.2, 0) is 6.42 Å². The van der Waals surface area contributed by atoms with Crippen LogP contribution in [0.3, 0.4) is 0 Å². The summed E-state index contributed by atoms with van der Waals surface area (Å²) in [6.45, 7) is 2.00. The Bertz CT molecular complexity index is 1060. The molecule has 1 unspecified atom stereocenters. The number of rotatable bonds is 7. The molecule has 1 N–H and O–H groups in total. The van der Waals surface area contributed by atoms with Crippen molar-refractivity contribution in [2.24, 2.45) is 0 Å². The van der Waals surface area contributed by atoms with E-state index in [4.69, 9.17) is 9.15 Å². The molecule has 1 heterocycles. The Hall–Kier alpha value is -3.60. The van der Waals surface area contributed by atoms with E-state index < -0.39 is 0 Å². The van der Waals surface area contributed by atoms with Crippen molar-refractivity contribution < 1.29 is 9.15 Å². The van der Waals surface area contributed by atoms with Crippen LogP contribution in [-0.4, -0.2) is 17.3 Å². The molecule has 29 heavy (non-hydrogen) atoms. The summed E-state index contributed by atoms with van der Waals surface area (Å²) >= 11 is 0. The number of nitrogens with zero attached hydrogens (tertiary/aromatic N) is 2. The molecule has 1 atom stereocenters. The normalized spacial score (nSPS) is 11.8. The summed E-state index contributed by atoms with van der Waals surface area (Å²) < 4.78 is 11.4. The van der Waals surface area contributed by atoms with Crippen molar-refractivity contribution in [1.29, 1.82) is 0 Å². The lowest BCUT2D eigenvalue weighted by Gasteiger charge is -2.15. The molecule has 0 aliphatic heterocycles. The third kappa shape index (κ3) is 4.46. The molecule has 3 aromatic carbocycles. The smallest absolute Gasteiger partial charge is 0.247 e. The molecular formula is C24H23N3O2. The molecule has 4 aromatic rings. The largest absolute Gasteiger partial charge is 0.496 e. The van der Waals surface area contributed by atoms with Crippen molar-refractivity contribution in [1.82, 2.24) is 10.2 Å². The van der Waals surface area contributed by atoms with Crippen molar-refractivity contribution in [3.8, 4) is 17.2 Å². The van der Waals surface area contributed by atoms with E-state index in [1.165, 1.54) is 5.56 Å². The number of hydrogen-bond acceptors (Lipinski definition) is 5.